The van der Waals surface area contributed by atoms with E-state index in [9.17, 15) is 0 Å². The average molecular weight is 422 g/mol. The zero-order chi connectivity index (χ0) is 21.7. The Hall–Kier alpha value is -3.02. The number of aliphatic imine (C=N–C) groups is 1. The third-order valence-electron chi connectivity index (χ3n) is 5.26. The molecule has 0 aliphatic rings. The molecule has 31 heavy (non-hydrogen) atoms. The fraction of sp³-hybridized carbons (Fsp3) is 0.138. The van der Waals surface area contributed by atoms with E-state index in [0.717, 1.165) is 5.69 Å². The molecule has 0 saturated heterocycles. The van der Waals surface area contributed by atoms with Crippen molar-refractivity contribution in [1.29, 1.82) is 0 Å². The Labute approximate surface area is 187 Å². The molecule has 0 atom stereocenters. The van der Waals surface area contributed by atoms with Crippen LogP contribution in [0.5, 0.6) is 0 Å². The molecule has 0 amide bonds. The summed E-state index contributed by atoms with van der Waals surface area (Å²) in [5.74, 6) is 0. The number of benzene rings is 4. The van der Waals surface area contributed by atoms with Crippen LogP contribution in [0.15, 0.2) is 114 Å². The van der Waals surface area contributed by atoms with Gasteiger partial charge in [0.05, 0.1) is 5.69 Å². The molecule has 0 aliphatic carbocycles. The van der Waals surface area contributed by atoms with Gasteiger partial charge in [-0.3, -0.25) is 4.99 Å². The molecule has 2 heteroatoms. The van der Waals surface area contributed by atoms with Crippen LogP contribution in [-0.4, -0.2) is 6.21 Å². The Morgan fingerprint density at radius 3 is 1.74 bits per heavy atom. The Morgan fingerprint density at radius 1 is 0.613 bits per heavy atom. The summed E-state index contributed by atoms with van der Waals surface area (Å²) in [6, 6.07) is 38.7. The number of nitrogens with zero attached hydrogens (tertiary/aromatic N) is 1. The van der Waals surface area contributed by atoms with Crippen molar-refractivity contribution in [3.05, 3.63) is 120 Å². The van der Waals surface area contributed by atoms with Crippen LogP contribution >= 0.6 is 7.92 Å². The fourth-order valence-electron chi connectivity index (χ4n) is 3.74. The Morgan fingerprint density at radius 2 is 1.13 bits per heavy atom. The van der Waals surface area contributed by atoms with Gasteiger partial charge in [-0.1, -0.05) is 124 Å². The Bertz CT molecular complexity index is 1120. The largest absolute Gasteiger partial charge is 0.256 e. The van der Waals surface area contributed by atoms with Crippen LogP contribution in [0.25, 0.3) is 0 Å². The SMILES string of the molecule is CC(C)(C)c1ccccc1N=Cc1ccccc1P(c1ccccc1)c1ccccc1. The third-order valence-corrected chi connectivity index (χ3v) is 7.78. The van der Waals surface area contributed by atoms with E-state index in [0.29, 0.717) is 0 Å². The number of hydrogen-bond acceptors (Lipinski definition) is 1. The first-order valence-corrected chi connectivity index (χ1v) is 12.0. The van der Waals surface area contributed by atoms with Crippen LogP contribution in [0.2, 0.25) is 0 Å². The highest BCUT2D eigenvalue weighted by atomic mass is 31.1. The summed E-state index contributed by atoms with van der Waals surface area (Å²) in [5, 5.41) is 4.02. The van der Waals surface area contributed by atoms with E-state index in [4.69, 9.17) is 4.99 Å². The van der Waals surface area contributed by atoms with Gasteiger partial charge < -0.3 is 0 Å². The molecule has 4 aromatic rings. The quantitative estimate of drug-likeness (QED) is 0.258. The van der Waals surface area contributed by atoms with Crippen LogP contribution < -0.4 is 15.9 Å². The maximum Gasteiger partial charge on any atom is 0.0667 e. The van der Waals surface area contributed by atoms with Crippen molar-refractivity contribution in [2.24, 2.45) is 4.99 Å². The lowest BCUT2D eigenvalue weighted by atomic mass is 9.86. The van der Waals surface area contributed by atoms with Gasteiger partial charge >= 0.3 is 0 Å². The second kappa shape index (κ2) is 9.41. The summed E-state index contributed by atoms with van der Waals surface area (Å²) < 4.78 is 0. The van der Waals surface area contributed by atoms with Gasteiger partial charge in [-0.05, 0) is 40.9 Å². The normalized spacial score (nSPS) is 11.9. The van der Waals surface area contributed by atoms with Gasteiger partial charge in [-0.15, -0.1) is 0 Å². The van der Waals surface area contributed by atoms with Crippen LogP contribution in [0, 0.1) is 0 Å². The summed E-state index contributed by atoms with van der Waals surface area (Å²) in [6.45, 7) is 6.71. The highest BCUT2D eigenvalue weighted by molar-refractivity contribution is 7.80. The lowest BCUT2D eigenvalue weighted by molar-refractivity contribution is 0.591. The molecule has 4 aromatic carbocycles. The molecule has 0 aliphatic heterocycles. The van der Waals surface area contributed by atoms with E-state index in [1.807, 2.05) is 6.21 Å². The van der Waals surface area contributed by atoms with E-state index < -0.39 is 7.92 Å². The first kappa shape index (κ1) is 21.2. The first-order chi connectivity index (χ1) is 15.0. The summed E-state index contributed by atoms with van der Waals surface area (Å²) in [7, 11) is -0.669. The van der Waals surface area contributed by atoms with Crippen molar-refractivity contribution < 1.29 is 0 Å². The second-order valence-electron chi connectivity index (χ2n) is 8.59. The minimum absolute atomic E-state index is 0.0497. The lowest BCUT2D eigenvalue weighted by Crippen LogP contribution is -2.23. The molecule has 0 saturated carbocycles. The maximum atomic E-state index is 4.96. The molecule has 0 bridgehead atoms. The van der Waals surface area contributed by atoms with E-state index >= 15 is 0 Å². The maximum absolute atomic E-state index is 4.96. The molecule has 1 nitrogen and oxygen atoms in total. The van der Waals surface area contributed by atoms with Crippen molar-refractivity contribution in [1.82, 2.24) is 0 Å². The minimum Gasteiger partial charge on any atom is -0.256 e. The molecule has 0 radical (unpaired) electrons. The van der Waals surface area contributed by atoms with E-state index in [-0.39, 0.29) is 5.41 Å². The number of rotatable bonds is 5. The highest BCUT2D eigenvalue weighted by Crippen LogP contribution is 2.34. The molecule has 4 rings (SSSR count). The van der Waals surface area contributed by atoms with Gasteiger partial charge in [0.2, 0.25) is 0 Å². The van der Waals surface area contributed by atoms with Crippen molar-refractivity contribution in [2.45, 2.75) is 26.2 Å². The lowest BCUT2D eigenvalue weighted by Gasteiger charge is -2.22. The van der Waals surface area contributed by atoms with Gasteiger partial charge in [0.15, 0.2) is 0 Å². The predicted molar refractivity (Wildman–Crippen MR) is 138 cm³/mol. The zero-order valence-electron chi connectivity index (χ0n) is 18.4. The van der Waals surface area contributed by atoms with Crippen LogP contribution in [0.4, 0.5) is 5.69 Å². The van der Waals surface area contributed by atoms with Crippen LogP contribution in [-0.2, 0) is 5.41 Å². The van der Waals surface area contributed by atoms with Crippen LogP contribution in [0.3, 0.4) is 0 Å². The first-order valence-electron chi connectivity index (χ1n) is 10.7. The summed E-state index contributed by atoms with van der Waals surface area (Å²) in [6.07, 6.45) is 2.04. The molecular formula is C29H28NP. The van der Waals surface area contributed by atoms with Gasteiger partial charge in [0, 0.05) is 11.8 Å². The standard InChI is InChI=1S/C29H28NP/c1-29(2,3)26-19-11-12-20-27(26)30-22-23-14-10-13-21-28(23)31(24-15-6-4-7-16-24)25-17-8-5-9-18-25/h4-22H,1-3H3. The second-order valence-corrected chi connectivity index (χ2v) is 10.8. The molecule has 154 valence electrons. The highest BCUT2D eigenvalue weighted by Gasteiger charge is 2.19. The smallest absolute Gasteiger partial charge is 0.0667 e. The number of hydrogen-bond donors (Lipinski definition) is 0. The Balaban J connectivity index is 1.81. The van der Waals surface area contributed by atoms with Crippen molar-refractivity contribution in [3.8, 4) is 0 Å². The average Bonchev–Trinajstić information content (AvgIpc) is 2.80. The molecule has 0 spiro atoms. The molecule has 0 unspecified atom stereocenters. The number of para-hydroxylation sites is 1. The molecule has 0 N–H and O–H groups in total. The van der Waals surface area contributed by atoms with E-state index in [2.05, 4.69) is 130 Å². The molecule has 0 aromatic heterocycles. The summed E-state index contributed by atoms with van der Waals surface area (Å²) in [4.78, 5) is 4.96. The van der Waals surface area contributed by atoms with Crippen molar-refractivity contribution >= 4 is 35.7 Å². The predicted octanol–water partition coefficient (Wildman–Crippen LogP) is 6.49. The van der Waals surface area contributed by atoms with E-state index in [1.165, 1.54) is 27.0 Å². The molecule has 0 fully saturated rings. The van der Waals surface area contributed by atoms with Crippen molar-refractivity contribution in [2.75, 3.05) is 0 Å². The minimum atomic E-state index is -0.669. The van der Waals surface area contributed by atoms with Crippen LogP contribution in [0.1, 0.15) is 31.9 Å². The molecular weight excluding hydrogens is 393 g/mol. The Kier molecular flexibility index (Phi) is 6.44. The van der Waals surface area contributed by atoms with Gasteiger partial charge in [0.1, 0.15) is 0 Å². The van der Waals surface area contributed by atoms with Gasteiger partial charge in [-0.2, -0.15) is 0 Å². The zero-order valence-corrected chi connectivity index (χ0v) is 19.3. The monoisotopic (exact) mass is 421 g/mol. The van der Waals surface area contributed by atoms with Gasteiger partial charge in [0.25, 0.3) is 0 Å². The van der Waals surface area contributed by atoms with Crippen molar-refractivity contribution in [3.63, 3.8) is 0 Å². The van der Waals surface area contributed by atoms with Gasteiger partial charge in [-0.25, -0.2) is 0 Å². The molecule has 0 heterocycles. The summed E-state index contributed by atoms with van der Waals surface area (Å²) in [5.41, 5.74) is 3.52. The van der Waals surface area contributed by atoms with E-state index in [1.54, 1.807) is 0 Å². The fourth-order valence-corrected chi connectivity index (χ4v) is 6.16. The topological polar surface area (TPSA) is 12.4 Å². The third kappa shape index (κ3) is 5.01. The summed E-state index contributed by atoms with van der Waals surface area (Å²) >= 11 is 0.